The molecule has 0 aliphatic rings. The SMILES string of the molecule is C=CCn1c(SCC(=O)c2ccc(OC)c(OC)c2)nc2ccccc21. The Balaban J connectivity index is 1.80. The van der Waals surface area contributed by atoms with Crippen LogP contribution in [0.1, 0.15) is 10.4 Å². The van der Waals surface area contributed by atoms with Gasteiger partial charge in [0.15, 0.2) is 22.4 Å². The van der Waals surface area contributed by atoms with Crippen LogP contribution in [0, 0.1) is 0 Å². The van der Waals surface area contributed by atoms with Gasteiger partial charge in [-0.25, -0.2) is 4.98 Å². The molecule has 0 saturated heterocycles. The van der Waals surface area contributed by atoms with Crippen molar-refractivity contribution >= 4 is 28.6 Å². The number of fused-ring (bicyclic) bond motifs is 1. The van der Waals surface area contributed by atoms with Crippen molar-refractivity contribution in [3.63, 3.8) is 0 Å². The lowest BCUT2D eigenvalue weighted by atomic mass is 10.1. The number of nitrogens with zero attached hydrogens (tertiary/aromatic N) is 2. The number of carbonyl (C=O) groups is 1. The Morgan fingerprint density at radius 3 is 2.69 bits per heavy atom. The first-order valence-electron chi connectivity index (χ1n) is 8.12. The largest absolute Gasteiger partial charge is 0.493 e. The van der Waals surface area contributed by atoms with Gasteiger partial charge in [-0.2, -0.15) is 0 Å². The van der Waals surface area contributed by atoms with Gasteiger partial charge in [0.2, 0.25) is 0 Å². The molecule has 0 amide bonds. The Morgan fingerprint density at radius 2 is 1.96 bits per heavy atom. The molecule has 0 unspecified atom stereocenters. The average Bonchev–Trinajstić information content (AvgIpc) is 3.03. The number of Topliss-reactive ketones (excluding diaryl/α,β-unsaturated/α-hetero) is 1. The predicted molar refractivity (Wildman–Crippen MR) is 105 cm³/mol. The molecule has 0 saturated carbocycles. The van der Waals surface area contributed by atoms with Crippen LogP contribution in [0.25, 0.3) is 11.0 Å². The summed E-state index contributed by atoms with van der Waals surface area (Å²) >= 11 is 1.42. The maximum absolute atomic E-state index is 12.6. The molecule has 0 radical (unpaired) electrons. The van der Waals surface area contributed by atoms with Gasteiger partial charge in [0.1, 0.15) is 0 Å². The van der Waals surface area contributed by atoms with Crippen LogP contribution in [0.3, 0.4) is 0 Å². The van der Waals surface area contributed by atoms with Crippen molar-refractivity contribution in [2.45, 2.75) is 11.7 Å². The number of ether oxygens (including phenoxy) is 2. The van der Waals surface area contributed by atoms with Gasteiger partial charge in [-0.05, 0) is 30.3 Å². The number of imidazole rings is 1. The number of ketones is 1. The van der Waals surface area contributed by atoms with Crippen molar-refractivity contribution in [1.29, 1.82) is 0 Å². The zero-order valence-corrected chi connectivity index (χ0v) is 15.6. The van der Waals surface area contributed by atoms with Gasteiger partial charge in [0.05, 0.1) is 31.0 Å². The fourth-order valence-corrected chi connectivity index (χ4v) is 3.61. The summed E-state index contributed by atoms with van der Waals surface area (Å²) in [6, 6.07) is 13.1. The van der Waals surface area contributed by atoms with Crippen LogP contribution in [0.15, 0.2) is 60.3 Å². The van der Waals surface area contributed by atoms with Crippen molar-refractivity contribution in [2.75, 3.05) is 20.0 Å². The van der Waals surface area contributed by atoms with Crippen molar-refractivity contribution in [3.05, 3.63) is 60.7 Å². The van der Waals surface area contributed by atoms with E-state index in [4.69, 9.17) is 9.47 Å². The third kappa shape index (κ3) is 3.60. The third-order valence-corrected chi connectivity index (χ3v) is 4.95. The van der Waals surface area contributed by atoms with E-state index in [1.54, 1.807) is 32.4 Å². The molecule has 0 bridgehead atoms. The van der Waals surface area contributed by atoms with Crippen LogP contribution >= 0.6 is 11.8 Å². The molecule has 1 heterocycles. The molecule has 1 aromatic heterocycles. The highest BCUT2D eigenvalue weighted by atomic mass is 32.2. The molecule has 0 aliphatic heterocycles. The van der Waals surface area contributed by atoms with Gasteiger partial charge in [0, 0.05) is 12.1 Å². The van der Waals surface area contributed by atoms with E-state index in [1.165, 1.54) is 11.8 Å². The summed E-state index contributed by atoms with van der Waals surface area (Å²) in [7, 11) is 3.12. The van der Waals surface area contributed by atoms with Gasteiger partial charge in [-0.3, -0.25) is 4.79 Å². The second-order valence-corrected chi connectivity index (χ2v) is 6.51. The van der Waals surface area contributed by atoms with Crippen LogP contribution in [0.5, 0.6) is 11.5 Å². The highest BCUT2D eigenvalue weighted by Crippen LogP contribution is 2.29. The summed E-state index contributed by atoms with van der Waals surface area (Å²) in [5.41, 5.74) is 2.53. The second kappa shape index (κ2) is 8.10. The minimum absolute atomic E-state index is 0.00756. The number of para-hydroxylation sites is 2. The zero-order chi connectivity index (χ0) is 18.5. The number of allylic oxidation sites excluding steroid dienone is 1. The number of benzene rings is 2. The number of hydrogen-bond donors (Lipinski definition) is 0. The third-order valence-electron chi connectivity index (χ3n) is 3.97. The molecule has 134 valence electrons. The Bertz CT molecular complexity index is 949. The average molecular weight is 368 g/mol. The fraction of sp³-hybridized carbons (Fsp3) is 0.200. The van der Waals surface area contributed by atoms with Gasteiger partial charge >= 0.3 is 0 Å². The maximum Gasteiger partial charge on any atom is 0.173 e. The van der Waals surface area contributed by atoms with Crippen LogP contribution in [0.2, 0.25) is 0 Å². The standard InChI is InChI=1S/C20H20N2O3S/c1-4-11-22-16-8-6-5-7-15(16)21-20(22)26-13-17(23)14-9-10-18(24-2)19(12-14)25-3/h4-10,12H,1,11,13H2,2-3H3. The summed E-state index contributed by atoms with van der Waals surface area (Å²) in [6.45, 7) is 4.46. The molecule has 0 N–H and O–H groups in total. The molecular formula is C20H20N2O3S. The summed E-state index contributed by atoms with van der Waals surface area (Å²) in [6.07, 6.45) is 1.83. The van der Waals surface area contributed by atoms with Crippen LogP contribution < -0.4 is 9.47 Å². The topological polar surface area (TPSA) is 53.4 Å². The maximum atomic E-state index is 12.6. The number of aromatic nitrogens is 2. The van der Waals surface area contributed by atoms with E-state index < -0.39 is 0 Å². The Hall–Kier alpha value is -2.73. The minimum Gasteiger partial charge on any atom is -0.493 e. The fourth-order valence-electron chi connectivity index (χ4n) is 2.69. The number of carbonyl (C=O) groups excluding carboxylic acids is 1. The molecule has 0 spiro atoms. The van der Waals surface area contributed by atoms with Crippen LogP contribution in [0.4, 0.5) is 0 Å². The van der Waals surface area contributed by atoms with E-state index in [0.29, 0.717) is 23.6 Å². The number of methoxy groups -OCH3 is 2. The van der Waals surface area contributed by atoms with E-state index in [9.17, 15) is 4.79 Å². The monoisotopic (exact) mass is 368 g/mol. The van der Waals surface area contributed by atoms with Crippen molar-refractivity contribution in [3.8, 4) is 11.5 Å². The van der Waals surface area contributed by atoms with E-state index in [2.05, 4.69) is 16.1 Å². The number of hydrogen-bond acceptors (Lipinski definition) is 5. The first-order chi connectivity index (χ1) is 12.7. The Labute approximate surface area is 156 Å². The first kappa shape index (κ1) is 18.1. The van der Waals surface area contributed by atoms with Gasteiger partial charge in [-0.15, -0.1) is 6.58 Å². The molecule has 5 nitrogen and oxygen atoms in total. The molecule has 3 aromatic rings. The van der Waals surface area contributed by atoms with Crippen LogP contribution in [-0.4, -0.2) is 35.3 Å². The van der Waals surface area contributed by atoms with Gasteiger partial charge in [0.25, 0.3) is 0 Å². The Morgan fingerprint density at radius 1 is 1.19 bits per heavy atom. The lowest BCUT2D eigenvalue weighted by molar-refractivity contribution is 0.102. The van der Waals surface area contributed by atoms with Crippen molar-refractivity contribution < 1.29 is 14.3 Å². The molecule has 0 aliphatic carbocycles. The van der Waals surface area contributed by atoms with Crippen LogP contribution in [-0.2, 0) is 6.54 Å². The zero-order valence-electron chi connectivity index (χ0n) is 14.8. The highest BCUT2D eigenvalue weighted by molar-refractivity contribution is 7.99. The predicted octanol–water partition coefficient (Wildman–Crippen LogP) is 4.21. The molecule has 6 heteroatoms. The van der Waals surface area contributed by atoms with Gasteiger partial charge in [-0.1, -0.05) is 30.0 Å². The lowest BCUT2D eigenvalue weighted by Gasteiger charge is -2.09. The smallest absolute Gasteiger partial charge is 0.173 e. The molecule has 0 atom stereocenters. The van der Waals surface area contributed by atoms with Gasteiger partial charge < -0.3 is 14.0 Å². The molecule has 3 rings (SSSR count). The number of thioether (sulfide) groups is 1. The Kier molecular flexibility index (Phi) is 5.63. The summed E-state index contributed by atoms with van der Waals surface area (Å²) in [4.78, 5) is 17.2. The molecule has 2 aromatic carbocycles. The highest BCUT2D eigenvalue weighted by Gasteiger charge is 2.15. The van der Waals surface area contributed by atoms with E-state index in [-0.39, 0.29) is 11.5 Å². The normalized spacial score (nSPS) is 10.7. The quantitative estimate of drug-likeness (QED) is 0.339. The molecular weight excluding hydrogens is 348 g/mol. The van der Waals surface area contributed by atoms with E-state index in [0.717, 1.165) is 16.2 Å². The summed E-state index contributed by atoms with van der Waals surface area (Å²) < 4.78 is 12.5. The number of rotatable bonds is 8. The minimum atomic E-state index is 0.00756. The summed E-state index contributed by atoms with van der Waals surface area (Å²) in [5.74, 6) is 1.44. The van der Waals surface area contributed by atoms with E-state index >= 15 is 0 Å². The van der Waals surface area contributed by atoms with Crippen molar-refractivity contribution in [2.24, 2.45) is 0 Å². The second-order valence-electron chi connectivity index (χ2n) is 5.56. The lowest BCUT2D eigenvalue weighted by Crippen LogP contribution is -2.05. The van der Waals surface area contributed by atoms with E-state index in [1.807, 2.05) is 30.3 Å². The summed E-state index contributed by atoms with van der Waals surface area (Å²) in [5, 5.41) is 0.805. The molecule has 0 fully saturated rings. The van der Waals surface area contributed by atoms with Crippen molar-refractivity contribution in [1.82, 2.24) is 9.55 Å². The first-order valence-corrected chi connectivity index (χ1v) is 9.10. The molecule has 26 heavy (non-hydrogen) atoms.